The van der Waals surface area contributed by atoms with E-state index < -0.39 is 5.54 Å². The Bertz CT molecular complexity index is 570. The van der Waals surface area contributed by atoms with Gasteiger partial charge in [-0.3, -0.25) is 9.69 Å². The van der Waals surface area contributed by atoms with E-state index in [0.717, 1.165) is 31.0 Å². The van der Waals surface area contributed by atoms with Gasteiger partial charge in [-0.25, -0.2) is 0 Å². The predicted octanol–water partition coefficient (Wildman–Crippen LogP) is 1.44. The highest BCUT2D eigenvalue weighted by Gasteiger charge is 2.35. The van der Waals surface area contributed by atoms with Crippen molar-refractivity contribution in [1.82, 2.24) is 10.2 Å². The second-order valence-corrected chi connectivity index (χ2v) is 6.70. The monoisotopic (exact) mass is 334 g/mol. The number of rotatable bonds is 5. The van der Waals surface area contributed by atoms with Gasteiger partial charge in [0.1, 0.15) is 12.7 Å². The van der Waals surface area contributed by atoms with Crippen LogP contribution < -0.4 is 14.8 Å². The number of fused-ring (bicyclic) bond motifs is 1. The first kappa shape index (κ1) is 17.0. The van der Waals surface area contributed by atoms with Gasteiger partial charge in [-0.1, -0.05) is 12.1 Å². The van der Waals surface area contributed by atoms with Crippen LogP contribution in [0.3, 0.4) is 0 Å². The Kier molecular flexibility index (Phi) is 5.26. The Balaban J connectivity index is 1.45. The Labute approximate surface area is 143 Å². The lowest BCUT2D eigenvalue weighted by Gasteiger charge is -2.39. The van der Waals surface area contributed by atoms with Crippen LogP contribution in [0.1, 0.15) is 20.3 Å². The van der Waals surface area contributed by atoms with Gasteiger partial charge in [0.25, 0.3) is 0 Å². The number of amides is 1. The minimum atomic E-state index is -0.527. The maximum absolute atomic E-state index is 12.5. The smallest absolute Gasteiger partial charge is 0.239 e. The highest BCUT2D eigenvalue weighted by atomic mass is 16.6. The van der Waals surface area contributed by atoms with E-state index in [1.165, 1.54) is 0 Å². The van der Waals surface area contributed by atoms with Crippen LogP contribution in [0.25, 0.3) is 0 Å². The lowest BCUT2D eigenvalue weighted by Crippen LogP contribution is -2.58. The maximum Gasteiger partial charge on any atom is 0.239 e. The molecule has 0 spiro atoms. The fourth-order valence-corrected chi connectivity index (χ4v) is 3.03. The average Bonchev–Trinajstić information content (AvgIpc) is 2.62. The Hall–Kier alpha value is -1.79. The molecule has 2 aliphatic rings. The molecule has 1 amide bonds. The SMILES string of the molecule is CC(C)(C(=O)NCC[C@@H]1COc2ccccc2O1)N1CCOCC1. The summed E-state index contributed by atoms with van der Waals surface area (Å²) in [6.45, 7) is 7.96. The van der Waals surface area contributed by atoms with Gasteiger partial charge in [-0.15, -0.1) is 0 Å². The number of morpholine rings is 1. The molecule has 0 radical (unpaired) electrons. The van der Waals surface area contributed by atoms with Crippen molar-refractivity contribution in [3.63, 3.8) is 0 Å². The maximum atomic E-state index is 12.5. The second-order valence-electron chi connectivity index (χ2n) is 6.70. The zero-order chi connectivity index (χ0) is 17.0. The van der Waals surface area contributed by atoms with Crippen LogP contribution in [0.2, 0.25) is 0 Å². The third kappa shape index (κ3) is 3.82. The summed E-state index contributed by atoms with van der Waals surface area (Å²) < 4.78 is 17.0. The number of carbonyl (C=O) groups is 1. The first-order valence-corrected chi connectivity index (χ1v) is 8.57. The molecular weight excluding hydrogens is 308 g/mol. The Morgan fingerprint density at radius 3 is 2.71 bits per heavy atom. The number of ether oxygens (including phenoxy) is 3. The van der Waals surface area contributed by atoms with Crippen molar-refractivity contribution in [2.45, 2.75) is 31.9 Å². The summed E-state index contributed by atoms with van der Waals surface area (Å²) in [5.74, 6) is 1.60. The molecule has 0 saturated carbocycles. The van der Waals surface area contributed by atoms with Crippen molar-refractivity contribution < 1.29 is 19.0 Å². The van der Waals surface area contributed by atoms with Crippen molar-refractivity contribution in [3.8, 4) is 11.5 Å². The highest BCUT2D eigenvalue weighted by molar-refractivity contribution is 5.85. The van der Waals surface area contributed by atoms with Crippen LogP contribution in [-0.4, -0.2) is 61.9 Å². The van der Waals surface area contributed by atoms with Gasteiger partial charge in [0.15, 0.2) is 11.5 Å². The topological polar surface area (TPSA) is 60.0 Å². The third-order valence-corrected chi connectivity index (χ3v) is 4.68. The molecule has 2 aliphatic heterocycles. The zero-order valence-electron chi connectivity index (χ0n) is 14.4. The van der Waals surface area contributed by atoms with E-state index in [1.807, 2.05) is 38.1 Å². The molecule has 6 nitrogen and oxygen atoms in total. The van der Waals surface area contributed by atoms with Crippen LogP contribution >= 0.6 is 0 Å². The van der Waals surface area contributed by atoms with Crippen LogP contribution in [0.4, 0.5) is 0 Å². The molecule has 1 aromatic carbocycles. The van der Waals surface area contributed by atoms with Crippen LogP contribution in [0.5, 0.6) is 11.5 Å². The fourth-order valence-electron chi connectivity index (χ4n) is 3.03. The molecular formula is C18H26N2O4. The van der Waals surface area contributed by atoms with E-state index in [4.69, 9.17) is 14.2 Å². The molecule has 24 heavy (non-hydrogen) atoms. The molecule has 132 valence electrons. The molecule has 6 heteroatoms. The van der Waals surface area contributed by atoms with Crippen molar-refractivity contribution >= 4 is 5.91 Å². The molecule has 0 unspecified atom stereocenters. The van der Waals surface area contributed by atoms with Crippen LogP contribution in [0.15, 0.2) is 24.3 Å². The van der Waals surface area contributed by atoms with Gasteiger partial charge in [0, 0.05) is 26.1 Å². The van der Waals surface area contributed by atoms with Crippen LogP contribution in [-0.2, 0) is 9.53 Å². The quantitative estimate of drug-likeness (QED) is 0.883. The standard InChI is InChI=1S/C18H26N2O4/c1-18(2,20-9-11-22-12-10-20)17(21)19-8-7-14-13-23-15-5-3-4-6-16(15)24-14/h3-6,14H,7-13H2,1-2H3,(H,19,21)/t14-/m1/s1. The number of para-hydroxylation sites is 2. The largest absolute Gasteiger partial charge is 0.486 e. The second kappa shape index (κ2) is 7.40. The summed E-state index contributed by atoms with van der Waals surface area (Å²) >= 11 is 0. The van der Waals surface area contributed by atoms with Crippen molar-refractivity contribution in [1.29, 1.82) is 0 Å². The number of benzene rings is 1. The summed E-state index contributed by atoms with van der Waals surface area (Å²) in [6.07, 6.45) is 0.686. The number of hydrogen-bond acceptors (Lipinski definition) is 5. The lowest BCUT2D eigenvalue weighted by molar-refractivity contribution is -0.134. The summed E-state index contributed by atoms with van der Waals surface area (Å²) in [7, 11) is 0. The minimum Gasteiger partial charge on any atom is -0.486 e. The van der Waals surface area contributed by atoms with Crippen LogP contribution in [0, 0.1) is 0 Å². The Morgan fingerprint density at radius 2 is 1.96 bits per heavy atom. The lowest BCUT2D eigenvalue weighted by atomic mass is 10.0. The molecule has 0 bridgehead atoms. The van der Waals surface area contributed by atoms with E-state index in [9.17, 15) is 4.79 Å². The van der Waals surface area contributed by atoms with Crippen molar-refractivity contribution in [2.75, 3.05) is 39.5 Å². The summed E-state index contributed by atoms with van der Waals surface area (Å²) in [5, 5.41) is 3.03. The average molecular weight is 334 g/mol. The predicted molar refractivity (Wildman–Crippen MR) is 90.5 cm³/mol. The van der Waals surface area contributed by atoms with E-state index in [0.29, 0.717) is 26.4 Å². The number of carbonyl (C=O) groups excluding carboxylic acids is 1. The molecule has 3 rings (SSSR count). The molecule has 1 saturated heterocycles. The van der Waals surface area contributed by atoms with Gasteiger partial charge in [-0.2, -0.15) is 0 Å². The number of nitrogens with one attached hydrogen (secondary N) is 1. The minimum absolute atomic E-state index is 0.0355. The summed E-state index contributed by atoms with van der Waals surface area (Å²) in [5.41, 5.74) is -0.527. The highest BCUT2D eigenvalue weighted by Crippen LogP contribution is 2.31. The number of hydrogen-bond donors (Lipinski definition) is 1. The summed E-state index contributed by atoms with van der Waals surface area (Å²) in [4.78, 5) is 14.7. The molecule has 2 heterocycles. The van der Waals surface area contributed by atoms with Gasteiger partial charge < -0.3 is 19.5 Å². The van der Waals surface area contributed by atoms with Crippen molar-refractivity contribution in [3.05, 3.63) is 24.3 Å². The first-order chi connectivity index (χ1) is 11.6. The molecule has 0 aromatic heterocycles. The van der Waals surface area contributed by atoms with Gasteiger partial charge in [-0.05, 0) is 26.0 Å². The third-order valence-electron chi connectivity index (χ3n) is 4.68. The fraction of sp³-hybridized carbons (Fsp3) is 0.611. The normalized spacial score (nSPS) is 21.3. The molecule has 1 aromatic rings. The molecule has 1 fully saturated rings. The molecule has 1 N–H and O–H groups in total. The van der Waals surface area contributed by atoms with Crippen molar-refractivity contribution in [2.24, 2.45) is 0 Å². The Morgan fingerprint density at radius 1 is 1.25 bits per heavy atom. The number of nitrogens with zero attached hydrogens (tertiary/aromatic N) is 1. The first-order valence-electron chi connectivity index (χ1n) is 8.57. The van der Waals surface area contributed by atoms with Gasteiger partial charge in [0.05, 0.1) is 18.8 Å². The molecule has 0 aliphatic carbocycles. The van der Waals surface area contributed by atoms with E-state index in [1.54, 1.807) is 0 Å². The van der Waals surface area contributed by atoms with Gasteiger partial charge >= 0.3 is 0 Å². The summed E-state index contributed by atoms with van der Waals surface area (Å²) in [6, 6.07) is 7.66. The molecule has 1 atom stereocenters. The zero-order valence-corrected chi connectivity index (χ0v) is 14.4. The van der Waals surface area contributed by atoms with E-state index >= 15 is 0 Å². The van der Waals surface area contributed by atoms with E-state index in [2.05, 4.69) is 10.2 Å². The van der Waals surface area contributed by atoms with E-state index in [-0.39, 0.29) is 12.0 Å². The van der Waals surface area contributed by atoms with Gasteiger partial charge in [0.2, 0.25) is 5.91 Å².